The van der Waals surface area contributed by atoms with Crippen LogP contribution in [0, 0.1) is 5.82 Å². The summed E-state index contributed by atoms with van der Waals surface area (Å²) in [6, 6.07) is 5.35. The van der Waals surface area contributed by atoms with Crippen molar-refractivity contribution in [3.63, 3.8) is 0 Å². The van der Waals surface area contributed by atoms with Gasteiger partial charge in [0.15, 0.2) is 5.41 Å². The van der Waals surface area contributed by atoms with E-state index in [4.69, 9.17) is 4.74 Å². The molecule has 0 spiro atoms. The van der Waals surface area contributed by atoms with Gasteiger partial charge in [-0.15, -0.1) is 0 Å². The Morgan fingerprint density at radius 1 is 1.33 bits per heavy atom. The zero-order chi connectivity index (χ0) is 16.3. The van der Waals surface area contributed by atoms with E-state index in [1.54, 1.807) is 6.92 Å². The van der Waals surface area contributed by atoms with Crippen molar-refractivity contribution in [3.8, 4) is 0 Å². The Bertz CT molecular complexity index is 539. The second-order valence-corrected chi connectivity index (χ2v) is 11.7. The summed E-state index contributed by atoms with van der Waals surface area (Å²) in [7, 11) is -1.95. The Labute approximate surface area is 124 Å². The third-order valence-corrected chi connectivity index (χ3v) is 4.69. The first kappa shape index (κ1) is 17.4. The summed E-state index contributed by atoms with van der Waals surface area (Å²) in [5.74, 6) is -2.70. The lowest BCUT2D eigenvalue weighted by molar-refractivity contribution is -0.160. The predicted octanol–water partition coefficient (Wildman–Crippen LogP) is 3.05. The molecule has 0 aliphatic carbocycles. The molecule has 21 heavy (non-hydrogen) atoms. The molecule has 0 aliphatic rings. The second-order valence-electron chi connectivity index (χ2n) is 6.18. The summed E-state index contributed by atoms with van der Waals surface area (Å²) >= 11 is 0. The molecule has 0 aliphatic heterocycles. The zero-order valence-corrected chi connectivity index (χ0v) is 13.8. The van der Waals surface area contributed by atoms with Crippen molar-refractivity contribution in [2.45, 2.75) is 38.0 Å². The van der Waals surface area contributed by atoms with Crippen LogP contribution in [-0.4, -0.2) is 31.7 Å². The number of carbonyl (C=O) groups is 2. The van der Waals surface area contributed by atoms with Gasteiger partial charge in [0.2, 0.25) is 0 Å². The lowest BCUT2D eigenvalue weighted by Gasteiger charge is -2.32. The Kier molecular flexibility index (Phi) is 5.28. The topological polar surface area (TPSA) is 63.6 Å². The predicted molar refractivity (Wildman–Crippen MR) is 80.5 cm³/mol. The highest BCUT2D eigenvalue weighted by atomic mass is 28.3. The normalized spacial score (nSPS) is 14.3. The van der Waals surface area contributed by atoms with Crippen LogP contribution in [0.25, 0.3) is 0 Å². The van der Waals surface area contributed by atoms with Crippen LogP contribution in [0.3, 0.4) is 0 Å². The maximum atomic E-state index is 13.5. The van der Waals surface area contributed by atoms with Crippen LogP contribution in [0.5, 0.6) is 0 Å². The first-order chi connectivity index (χ1) is 9.63. The molecule has 4 nitrogen and oxygen atoms in total. The third-order valence-electron chi connectivity index (χ3n) is 3.10. The average Bonchev–Trinajstić information content (AvgIpc) is 2.34. The van der Waals surface area contributed by atoms with Crippen molar-refractivity contribution >= 4 is 20.0 Å². The Balaban J connectivity index is 3.51. The fourth-order valence-corrected chi connectivity index (χ4v) is 4.47. The molecule has 0 bridgehead atoms. The van der Waals surface area contributed by atoms with Crippen molar-refractivity contribution in [2.24, 2.45) is 0 Å². The van der Waals surface area contributed by atoms with E-state index in [9.17, 15) is 19.1 Å². The van der Waals surface area contributed by atoms with Crippen LogP contribution >= 0.6 is 0 Å². The van der Waals surface area contributed by atoms with Gasteiger partial charge in [0.1, 0.15) is 5.82 Å². The number of rotatable bonds is 6. The molecule has 1 aromatic carbocycles. The highest BCUT2D eigenvalue weighted by Gasteiger charge is 2.52. The molecule has 0 fully saturated rings. The number of carboxylic acid groups (broad SMARTS) is 1. The molecule has 0 radical (unpaired) electrons. The van der Waals surface area contributed by atoms with Gasteiger partial charge in [-0.3, -0.25) is 9.59 Å². The molecule has 1 N–H and O–H groups in total. The summed E-state index contributed by atoms with van der Waals surface area (Å²) in [6.07, 6.45) is 0. The van der Waals surface area contributed by atoms with E-state index >= 15 is 0 Å². The summed E-state index contributed by atoms with van der Waals surface area (Å²) in [5, 5.41) is 9.73. The quantitative estimate of drug-likeness (QED) is 0.498. The number of esters is 1. The highest BCUT2D eigenvalue weighted by Crippen LogP contribution is 2.36. The van der Waals surface area contributed by atoms with Gasteiger partial charge in [-0.2, -0.15) is 0 Å². The summed E-state index contributed by atoms with van der Waals surface area (Å²) in [4.78, 5) is 24.3. The van der Waals surface area contributed by atoms with Crippen LogP contribution < -0.4 is 0 Å². The minimum atomic E-state index is -1.95. The summed E-state index contributed by atoms with van der Waals surface area (Å²) in [6.45, 7) is 7.58. The third kappa shape index (κ3) is 3.91. The number of halogens is 1. The first-order valence-electron chi connectivity index (χ1n) is 6.80. The van der Waals surface area contributed by atoms with Crippen LogP contribution in [0.15, 0.2) is 24.3 Å². The molecule has 1 atom stereocenters. The van der Waals surface area contributed by atoms with Gasteiger partial charge in [-0.05, 0) is 30.7 Å². The molecule has 6 heteroatoms. The Morgan fingerprint density at radius 2 is 1.95 bits per heavy atom. The number of ether oxygens (including phenoxy) is 1. The van der Waals surface area contributed by atoms with Crippen LogP contribution in [0.2, 0.25) is 25.7 Å². The maximum absolute atomic E-state index is 13.5. The molecule has 0 aromatic heterocycles. The standard InChI is InChI=1S/C15H21FO4Si/c1-5-20-14(19)15(13(17)18,10-21(2,3)4)11-7-6-8-12(16)9-11/h6-9H,5,10H2,1-4H3,(H,17,18). The van der Waals surface area contributed by atoms with Crippen molar-refractivity contribution in [3.05, 3.63) is 35.6 Å². The molecule has 0 heterocycles. The van der Waals surface area contributed by atoms with E-state index in [2.05, 4.69) is 0 Å². The van der Waals surface area contributed by atoms with E-state index in [0.29, 0.717) is 0 Å². The molecular weight excluding hydrogens is 291 g/mol. The SMILES string of the molecule is CCOC(=O)C(C[Si](C)(C)C)(C(=O)O)c1cccc(F)c1. The fraction of sp³-hybridized carbons (Fsp3) is 0.467. The average molecular weight is 312 g/mol. The van der Waals surface area contributed by atoms with Crippen LogP contribution in [0.4, 0.5) is 4.39 Å². The van der Waals surface area contributed by atoms with E-state index in [1.165, 1.54) is 18.2 Å². The van der Waals surface area contributed by atoms with Gasteiger partial charge in [0.25, 0.3) is 0 Å². The van der Waals surface area contributed by atoms with Gasteiger partial charge < -0.3 is 9.84 Å². The fourth-order valence-electron chi connectivity index (χ4n) is 2.38. The van der Waals surface area contributed by atoms with Gasteiger partial charge >= 0.3 is 11.9 Å². The van der Waals surface area contributed by atoms with E-state index in [0.717, 1.165) is 6.07 Å². The number of hydrogen-bond acceptors (Lipinski definition) is 3. The lowest BCUT2D eigenvalue weighted by Crippen LogP contribution is -2.49. The van der Waals surface area contributed by atoms with E-state index in [-0.39, 0.29) is 18.2 Å². The number of carboxylic acids is 1. The van der Waals surface area contributed by atoms with Crippen molar-refractivity contribution in [2.75, 3.05) is 6.61 Å². The number of aliphatic carboxylic acids is 1. The Morgan fingerprint density at radius 3 is 2.38 bits per heavy atom. The van der Waals surface area contributed by atoms with Crippen molar-refractivity contribution < 1.29 is 23.8 Å². The minimum Gasteiger partial charge on any atom is -0.480 e. The molecule has 0 saturated carbocycles. The molecule has 116 valence electrons. The lowest BCUT2D eigenvalue weighted by atomic mass is 9.82. The van der Waals surface area contributed by atoms with Gasteiger partial charge in [0.05, 0.1) is 6.61 Å². The monoisotopic (exact) mass is 312 g/mol. The molecule has 1 unspecified atom stereocenters. The van der Waals surface area contributed by atoms with Gasteiger partial charge in [-0.1, -0.05) is 31.8 Å². The minimum absolute atomic E-state index is 0.0783. The molecule has 1 aromatic rings. The van der Waals surface area contributed by atoms with E-state index in [1.807, 2.05) is 19.6 Å². The molecule has 1 rings (SSSR count). The van der Waals surface area contributed by atoms with Crippen molar-refractivity contribution in [1.82, 2.24) is 0 Å². The highest BCUT2D eigenvalue weighted by molar-refractivity contribution is 6.77. The van der Waals surface area contributed by atoms with Gasteiger partial charge in [0, 0.05) is 8.07 Å². The molecule has 0 saturated heterocycles. The summed E-state index contributed by atoms with van der Waals surface area (Å²) < 4.78 is 18.5. The largest absolute Gasteiger partial charge is 0.480 e. The smallest absolute Gasteiger partial charge is 0.327 e. The van der Waals surface area contributed by atoms with Crippen LogP contribution in [-0.2, 0) is 19.7 Å². The summed E-state index contributed by atoms with van der Waals surface area (Å²) in [5.41, 5.74) is -1.71. The second kappa shape index (κ2) is 6.38. The number of carbonyl (C=O) groups excluding carboxylic acids is 1. The Hall–Kier alpha value is -1.69. The first-order valence-corrected chi connectivity index (χ1v) is 10.5. The van der Waals surface area contributed by atoms with Crippen LogP contribution in [0.1, 0.15) is 12.5 Å². The zero-order valence-electron chi connectivity index (χ0n) is 12.8. The number of hydrogen-bond donors (Lipinski definition) is 1. The molecular formula is C15H21FO4Si. The number of benzene rings is 1. The molecule has 0 amide bonds. The van der Waals surface area contributed by atoms with Gasteiger partial charge in [-0.25, -0.2) is 4.39 Å². The van der Waals surface area contributed by atoms with Crippen molar-refractivity contribution in [1.29, 1.82) is 0 Å². The maximum Gasteiger partial charge on any atom is 0.327 e. The van der Waals surface area contributed by atoms with E-state index < -0.39 is 31.2 Å².